The van der Waals surface area contributed by atoms with Crippen LogP contribution >= 0.6 is 11.6 Å². The summed E-state index contributed by atoms with van der Waals surface area (Å²) in [6, 6.07) is 9.26. The molecule has 6 nitrogen and oxygen atoms in total. The van der Waals surface area contributed by atoms with Gasteiger partial charge in [-0.2, -0.15) is 18.4 Å². The predicted molar refractivity (Wildman–Crippen MR) is 102 cm³/mol. The third kappa shape index (κ3) is 4.06. The van der Waals surface area contributed by atoms with E-state index < -0.39 is 40.1 Å². The summed E-state index contributed by atoms with van der Waals surface area (Å²) in [4.78, 5) is 27.4. The highest BCUT2D eigenvalue weighted by Gasteiger charge is 2.41. The van der Waals surface area contributed by atoms with Gasteiger partial charge in [-0.1, -0.05) is 23.7 Å². The van der Waals surface area contributed by atoms with Gasteiger partial charge in [-0.3, -0.25) is 9.59 Å². The fraction of sp³-hybridized carbons (Fsp3) is 0.350. The normalized spacial score (nSPS) is 16.2. The molecule has 10 heteroatoms. The van der Waals surface area contributed by atoms with Crippen molar-refractivity contribution in [1.29, 1.82) is 5.26 Å². The third-order valence-electron chi connectivity index (χ3n) is 5.29. The summed E-state index contributed by atoms with van der Waals surface area (Å²) in [5.74, 6) is -0.907. The fourth-order valence-corrected chi connectivity index (χ4v) is 3.74. The molecule has 0 atom stereocenters. The summed E-state index contributed by atoms with van der Waals surface area (Å²) in [5, 5.41) is 9.53. The number of methoxy groups -OCH3 is 1. The summed E-state index contributed by atoms with van der Waals surface area (Å²) in [5.41, 5.74) is -3.81. The van der Waals surface area contributed by atoms with Crippen LogP contribution in [0.2, 0.25) is 5.02 Å². The first-order chi connectivity index (χ1) is 14.1. The van der Waals surface area contributed by atoms with Crippen LogP contribution < -0.4 is 5.56 Å². The fourth-order valence-electron chi connectivity index (χ4n) is 3.61. The number of ether oxygens (including phenoxy) is 1. The highest BCUT2D eigenvalue weighted by atomic mass is 35.5. The van der Waals surface area contributed by atoms with Gasteiger partial charge in [-0.25, -0.2) is 0 Å². The highest BCUT2D eigenvalue weighted by molar-refractivity contribution is 6.30. The van der Waals surface area contributed by atoms with Crippen LogP contribution in [0, 0.1) is 11.3 Å². The number of likely N-dealkylation sites (tertiary alicyclic amines) is 1. The minimum atomic E-state index is -4.95. The zero-order chi connectivity index (χ0) is 22.1. The van der Waals surface area contributed by atoms with Crippen LogP contribution in [0.4, 0.5) is 13.2 Å². The number of carbonyl (C=O) groups excluding carboxylic acids is 1. The number of rotatable bonds is 3. The molecular formula is C20H17ClF3N3O3. The molecule has 1 aliphatic heterocycles. The Morgan fingerprint density at radius 2 is 1.87 bits per heavy atom. The Morgan fingerprint density at radius 1 is 1.27 bits per heavy atom. The summed E-state index contributed by atoms with van der Waals surface area (Å²) < 4.78 is 45.8. The predicted octanol–water partition coefficient (Wildman–Crippen LogP) is 3.70. The van der Waals surface area contributed by atoms with E-state index in [4.69, 9.17) is 21.6 Å². The number of nitrogens with one attached hydrogen (secondary N) is 1. The van der Waals surface area contributed by atoms with E-state index in [1.807, 2.05) is 12.1 Å². The van der Waals surface area contributed by atoms with E-state index in [1.165, 1.54) is 18.1 Å². The minimum Gasteiger partial charge on any atom is -0.373 e. The van der Waals surface area contributed by atoms with Crippen LogP contribution in [0.25, 0.3) is 0 Å². The van der Waals surface area contributed by atoms with Crippen LogP contribution in [0.3, 0.4) is 0 Å². The van der Waals surface area contributed by atoms with Gasteiger partial charge in [0.25, 0.3) is 11.5 Å². The smallest absolute Gasteiger partial charge is 0.373 e. The molecule has 30 heavy (non-hydrogen) atoms. The zero-order valence-corrected chi connectivity index (χ0v) is 16.6. The van der Waals surface area contributed by atoms with E-state index in [0.717, 1.165) is 5.56 Å². The number of hydrogen-bond acceptors (Lipinski definition) is 4. The van der Waals surface area contributed by atoms with Gasteiger partial charge in [0, 0.05) is 25.2 Å². The van der Waals surface area contributed by atoms with Crippen LogP contribution in [0.1, 0.15) is 40.0 Å². The van der Waals surface area contributed by atoms with Crippen molar-refractivity contribution >= 4 is 17.5 Å². The Labute approximate surface area is 174 Å². The lowest BCUT2D eigenvalue weighted by atomic mass is 9.84. The number of pyridine rings is 1. The quantitative estimate of drug-likeness (QED) is 0.790. The molecule has 0 unspecified atom stereocenters. The first kappa shape index (κ1) is 21.9. The average Bonchev–Trinajstić information content (AvgIpc) is 2.73. The maximum atomic E-state index is 13.4. The van der Waals surface area contributed by atoms with E-state index in [1.54, 1.807) is 17.1 Å². The van der Waals surface area contributed by atoms with Gasteiger partial charge in [-0.15, -0.1) is 0 Å². The van der Waals surface area contributed by atoms with Crippen molar-refractivity contribution in [3.05, 3.63) is 68.1 Å². The molecule has 0 saturated carbocycles. The second kappa shape index (κ2) is 8.13. The van der Waals surface area contributed by atoms with Gasteiger partial charge in [0.1, 0.15) is 17.3 Å². The van der Waals surface area contributed by atoms with E-state index in [2.05, 4.69) is 0 Å². The van der Waals surface area contributed by atoms with Crippen molar-refractivity contribution in [1.82, 2.24) is 9.88 Å². The Morgan fingerprint density at radius 3 is 2.37 bits per heavy atom. The Hall–Kier alpha value is -2.83. The van der Waals surface area contributed by atoms with Crippen molar-refractivity contribution in [2.75, 3.05) is 20.2 Å². The van der Waals surface area contributed by atoms with Crippen molar-refractivity contribution in [2.24, 2.45) is 0 Å². The molecule has 1 aliphatic rings. The van der Waals surface area contributed by atoms with Gasteiger partial charge in [0.05, 0.1) is 11.2 Å². The van der Waals surface area contributed by atoms with Crippen molar-refractivity contribution in [3.8, 4) is 6.07 Å². The lowest BCUT2D eigenvalue weighted by Crippen LogP contribution is -2.46. The van der Waals surface area contributed by atoms with Crippen molar-refractivity contribution < 1.29 is 22.7 Å². The van der Waals surface area contributed by atoms with E-state index in [0.29, 0.717) is 23.9 Å². The molecule has 3 rings (SSSR count). The van der Waals surface area contributed by atoms with Crippen molar-refractivity contribution in [3.63, 3.8) is 0 Å². The highest BCUT2D eigenvalue weighted by Crippen LogP contribution is 2.38. The molecule has 1 amide bonds. The number of carbonyl (C=O) groups is 1. The van der Waals surface area contributed by atoms with Crippen molar-refractivity contribution in [2.45, 2.75) is 24.6 Å². The maximum absolute atomic E-state index is 13.4. The summed E-state index contributed by atoms with van der Waals surface area (Å²) in [7, 11) is 1.54. The van der Waals surface area contributed by atoms with E-state index in [9.17, 15) is 22.8 Å². The van der Waals surface area contributed by atoms with Crippen LogP contribution in [0.5, 0.6) is 0 Å². The maximum Gasteiger partial charge on any atom is 0.432 e. The minimum absolute atomic E-state index is 0.133. The molecule has 0 spiro atoms. The molecule has 2 aromatic rings. The number of nitriles is 1. The monoisotopic (exact) mass is 439 g/mol. The standard InChI is InChI=1S/C20H17ClF3N3O3/c1-30-19(13-2-4-14(21)5-3-13)6-8-27(9-7-19)18(29)15-10-12(11-25)17(28)26-16(15)20(22,23)24/h2-5,10H,6-9H2,1H3,(H,26,28). The third-order valence-corrected chi connectivity index (χ3v) is 5.55. The first-order valence-corrected chi connectivity index (χ1v) is 9.34. The van der Waals surface area contributed by atoms with E-state index >= 15 is 0 Å². The number of nitrogens with zero attached hydrogens (tertiary/aromatic N) is 2. The Bertz CT molecular complexity index is 1050. The molecule has 1 N–H and O–H groups in total. The number of piperidine rings is 1. The average molecular weight is 440 g/mol. The second-order valence-electron chi connectivity index (χ2n) is 6.91. The summed E-state index contributed by atoms with van der Waals surface area (Å²) >= 11 is 5.93. The Kier molecular flexibility index (Phi) is 5.92. The zero-order valence-electron chi connectivity index (χ0n) is 15.8. The number of aromatic nitrogens is 1. The lowest BCUT2D eigenvalue weighted by Gasteiger charge is -2.41. The van der Waals surface area contributed by atoms with Crippen LogP contribution in [-0.2, 0) is 16.5 Å². The molecule has 158 valence electrons. The number of H-pyrrole nitrogens is 1. The van der Waals surface area contributed by atoms with E-state index in [-0.39, 0.29) is 13.1 Å². The van der Waals surface area contributed by atoms with Crippen LogP contribution in [0.15, 0.2) is 35.1 Å². The topological polar surface area (TPSA) is 86.2 Å². The molecule has 1 saturated heterocycles. The number of halogens is 4. The van der Waals surface area contributed by atoms with Gasteiger partial charge in [0.15, 0.2) is 0 Å². The summed E-state index contributed by atoms with van der Waals surface area (Å²) in [6.45, 7) is 0.265. The lowest BCUT2D eigenvalue weighted by molar-refractivity contribution is -0.141. The number of alkyl halides is 3. The molecule has 0 radical (unpaired) electrons. The molecule has 2 heterocycles. The largest absolute Gasteiger partial charge is 0.432 e. The first-order valence-electron chi connectivity index (χ1n) is 8.96. The number of benzene rings is 1. The Balaban J connectivity index is 1.89. The van der Waals surface area contributed by atoms with Gasteiger partial charge >= 0.3 is 6.18 Å². The van der Waals surface area contributed by atoms with Gasteiger partial charge < -0.3 is 14.6 Å². The number of hydrogen-bond donors (Lipinski definition) is 1. The SMILES string of the molecule is COC1(c2ccc(Cl)cc2)CCN(C(=O)c2cc(C#N)c(=O)[nH]c2C(F)(F)F)CC1. The molecule has 1 fully saturated rings. The van der Waals surface area contributed by atoms with Crippen LogP contribution in [-0.4, -0.2) is 36.0 Å². The number of amides is 1. The van der Waals surface area contributed by atoms with Gasteiger partial charge in [0.2, 0.25) is 0 Å². The molecule has 1 aromatic heterocycles. The van der Waals surface area contributed by atoms with Gasteiger partial charge in [-0.05, 0) is 36.6 Å². The summed E-state index contributed by atoms with van der Waals surface area (Å²) in [6.07, 6.45) is -4.24. The second-order valence-corrected chi connectivity index (χ2v) is 7.34. The molecule has 0 aliphatic carbocycles. The molecular weight excluding hydrogens is 423 g/mol. The molecule has 0 bridgehead atoms. The molecule has 1 aromatic carbocycles. The number of aromatic amines is 1.